The van der Waals surface area contributed by atoms with Crippen molar-refractivity contribution in [3.63, 3.8) is 0 Å². The molecule has 2 rings (SSSR count). The quantitative estimate of drug-likeness (QED) is 0.802. The van der Waals surface area contributed by atoms with Crippen molar-refractivity contribution >= 4 is 40.1 Å². The highest BCUT2D eigenvalue weighted by Gasteiger charge is 2.20. The highest BCUT2D eigenvalue weighted by molar-refractivity contribution is 14.1. The Hall–Kier alpha value is -0.330. The fraction of sp³-hybridized carbons (Fsp3) is 0.500. The number of benzene rings is 1. The number of rotatable bonds is 3. The van der Waals surface area contributed by atoms with Gasteiger partial charge >= 0.3 is 0 Å². The Labute approximate surface area is 132 Å². The van der Waals surface area contributed by atoms with Gasteiger partial charge in [0.15, 0.2) is 0 Å². The average molecular weight is 393 g/mol. The van der Waals surface area contributed by atoms with Crippen molar-refractivity contribution in [2.75, 3.05) is 19.6 Å². The van der Waals surface area contributed by atoms with Crippen LogP contribution in [-0.4, -0.2) is 36.5 Å². The van der Waals surface area contributed by atoms with E-state index in [1.165, 1.54) is 0 Å². The number of hydrogen-bond acceptors (Lipinski definition) is 2. The van der Waals surface area contributed by atoms with Gasteiger partial charge in [0.1, 0.15) is 0 Å². The second-order valence-electron chi connectivity index (χ2n) is 4.81. The molecule has 0 bridgehead atoms. The molecule has 1 saturated heterocycles. The second-order valence-corrected chi connectivity index (χ2v) is 6.40. The van der Waals surface area contributed by atoms with Crippen LogP contribution in [0.2, 0.25) is 5.02 Å². The van der Waals surface area contributed by atoms with E-state index in [9.17, 15) is 4.79 Å². The highest BCUT2D eigenvalue weighted by Crippen LogP contribution is 2.19. The Kier molecular flexibility index (Phi) is 5.47. The summed E-state index contributed by atoms with van der Waals surface area (Å²) in [7, 11) is 0. The molecule has 1 aliphatic rings. The van der Waals surface area contributed by atoms with Crippen LogP contribution in [-0.2, 0) is 0 Å². The van der Waals surface area contributed by atoms with Gasteiger partial charge in [0, 0.05) is 27.7 Å². The molecular formula is C14H18ClIN2O. The maximum Gasteiger partial charge on any atom is 0.252 e. The number of piperidine rings is 1. The van der Waals surface area contributed by atoms with E-state index in [1.54, 1.807) is 12.1 Å². The van der Waals surface area contributed by atoms with Gasteiger partial charge in [-0.2, -0.15) is 0 Å². The van der Waals surface area contributed by atoms with E-state index >= 15 is 0 Å². The second kappa shape index (κ2) is 6.90. The fourth-order valence-corrected chi connectivity index (χ4v) is 3.45. The van der Waals surface area contributed by atoms with E-state index in [-0.39, 0.29) is 5.91 Å². The largest absolute Gasteiger partial charge is 0.349 e. The van der Waals surface area contributed by atoms with Crippen LogP contribution in [0.5, 0.6) is 0 Å². The standard InChI is InChI=1S/C14H18ClIN2O/c1-2-18-7-5-11(6-8-18)17-14(19)12-4-3-10(15)9-13(12)16/h3-4,9,11H,2,5-8H2,1H3,(H,17,19). The van der Waals surface area contributed by atoms with Gasteiger partial charge in [-0.05, 0) is 60.2 Å². The summed E-state index contributed by atoms with van der Waals surface area (Å²) in [6, 6.07) is 5.66. The van der Waals surface area contributed by atoms with Gasteiger partial charge in [0.05, 0.1) is 5.56 Å². The van der Waals surface area contributed by atoms with Gasteiger partial charge in [0.25, 0.3) is 5.91 Å². The first-order valence-electron chi connectivity index (χ1n) is 6.58. The molecule has 1 heterocycles. The van der Waals surface area contributed by atoms with E-state index in [1.807, 2.05) is 6.07 Å². The number of carbonyl (C=O) groups excluding carboxylic acids is 1. The van der Waals surface area contributed by atoms with Crippen molar-refractivity contribution in [2.24, 2.45) is 0 Å². The van der Waals surface area contributed by atoms with Gasteiger partial charge in [-0.15, -0.1) is 0 Å². The number of nitrogens with one attached hydrogen (secondary N) is 1. The molecule has 0 atom stereocenters. The Morgan fingerprint density at radius 1 is 1.47 bits per heavy atom. The molecule has 0 radical (unpaired) electrons. The van der Waals surface area contributed by atoms with Crippen molar-refractivity contribution in [1.29, 1.82) is 0 Å². The summed E-state index contributed by atoms with van der Waals surface area (Å²) in [4.78, 5) is 14.6. The third kappa shape index (κ3) is 4.07. The number of hydrogen-bond donors (Lipinski definition) is 1. The molecule has 0 unspecified atom stereocenters. The molecule has 104 valence electrons. The lowest BCUT2D eigenvalue weighted by molar-refractivity contribution is 0.0912. The Morgan fingerprint density at radius 3 is 2.74 bits per heavy atom. The normalized spacial score (nSPS) is 17.4. The lowest BCUT2D eigenvalue weighted by Crippen LogP contribution is -2.44. The minimum Gasteiger partial charge on any atom is -0.349 e. The molecule has 5 heteroatoms. The number of likely N-dealkylation sites (tertiary alicyclic amines) is 1. The number of nitrogens with zero attached hydrogens (tertiary/aromatic N) is 1. The van der Waals surface area contributed by atoms with Crippen LogP contribution >= 0.6 is 34.2 Å². The first kappa shape index (κ1) is 15.1. The number of carbonyl (C=O) groups is 1. The van der Waals surface area contributed by atoms with Crippen LogP contribution in [0.1, 0.15) is 30.1 Å². The summed E-state index contributed by atoms with van der Waals surface area (Å²) in [5.41, 5.74) is 0.711. The lowest BCUT2D eigenvalue weighted by atomic mass is 10.0. The highest BCUT2D eigenvalue weighted by atomic mass is 127. The molecule has 0 spiro atoms. The molecule has 19 heavy (non-hydrogen) atoms. The van der Waals surface area contributed by atoms with Crippen LogP contribution in [0.25, 0.3) is 0 Å². The molecule has 1 aliphatic heterocycles. The van der Waals surface area contributed by atoms with Gasteiger partial charge in [0.2, 0.25) is 0 Å². The Morgan fingerprint density at radius 2 is 2.16 bits per heavy atom. The van der Waals surface area contributed by atoms with E-state index in [4.69, 9.17) is 11.6 Å². The van der Waals surface area contributed by atoms with Crippen LogP contribution in [0.15, 0.2) is 18.2 Å². The first-order valence-corrected chi connectivity index (χ1v) is 8.04. The maximum atomic E-state index is 12.2. The topological polar surface area (TPSA) is 32.3 Å². The predicted octanol–water partition coefficient (Wildman–Crippen LogP) is 3.16. The van der Waals surface area contributed by atoms with Crippen LogP contribution in [0.3, 0.4) is 0 Å². The van der Waals surface area contributed by atoms with E-state index in [0.29, 0.717) is 16.6 Å². The summed E-state index contributed by atoms with van der Waals surface area (Å²) in [6.07, 6.45) is 2.06. The first-order chi connectivity index (χ1) is 9.10. The minimum absolute atomic E-state index is 0.0102. The zero-order valence-corrected chi connectivity index (χ0v) is 13.9. The molecule has 0 saturated carbocycles. The Bertz CT molecular complexity index is 459. The third-order valence-corrected chi connectivity index (χ3v) is 4.67. The SMILES string of the molecule is CCN1CCC(NC(=O)c2ccc(Cl)cc2I)CC1. The smallest absolute Gasteiger partial charge is 0.252 e. The molecule has 1 aromatic carbocycles. The molecular weight excluding hydrogens is 375 g/mol. The van der Waals surface area contributed by atoms with Crippen LogP contribution < -0.4 is 5.32 Å². The number of amides is 1. The van der Waals surface area contributed by atoms with Crippen molar-refractivity contribution in [2.45, 2.75) is 25.8 Å². The monoisotopic (exact) mass is 392 g/mol. The third-order valence-electron chi connectivity index (χ3n) is 3.55. The molecule has 1 fully saturated rings. The predicted molar refractivity (Wildman–Crippen MR) is 86.8 cm³/mol. The van der Waals surface area contributed by atoms with Gasteiger partial charge in [-0.1, -0.05) is 18.5 Å². The van der Waals surface area contributed by atoms with Crippen LogP contribution in [0, 0.1) is 3.57 Å². The fourth-order valence-electron chi connectivity index (χ4n) is 2.33. The molecule has 3 nitrogen and oxygen atoms in total. The van der Waals surface area contributed by atoms with Crippen molar-refractivity contribution in [3.8, 4) is 0 Å². The van der Waals surface area contributed by atoms with Gasteiger partial charge in [-0.25, -0.2) is 0 Å². The average Bonchev–Trinajstić information content (AvgIpc) is 2.39. The van der Waals surface area contributed by atoms with Crippen LogP contribution in [0.4, 0.5) is 0 Å². The zero-order valence-electron chi connectivity index (χ0n) is 11.0. The van der Waals surface area contributed by atoms with Crippen molar-refractivity contribution in [1.82, 2.24) is 10.2 Å². The summed E-state index contributed by atoms with van der Waals surface area (Å²) in [5.74, 6) is 0.0102. The van der Waals surface area contributed by atoms with E-state index in [2.05, 4.69) is 39.7 Å². The molecule has 1 amide bonds. The summed E-state index contributed by atoms with van der Waals surface area (Å²) >= 11 is 8.05. The molecule has 0 aromatic heterocycles. The van der Waals surface area contributed by atoms with Crippen molar-refractivity contribution in [3.05, 3.63) is 32.4 Å². The summed E-state index contributed by atoms with van der Waals surface area (Å²) < 4.78 is 0.897. The van der Waals surface area contributed by atoms with E-state index < -0.39 is 0 Å². The Balaban J connectivity index is 1.94. The maximum absolute atomic E-state index is 12.2. The van der Waals surface area contributed by atoms with Gasteiger partial charge in [-0.3, -0.25) is 4.79 Å². The lowest BCUT2D eigenvalue weighted by Gasteiger charge is -2.31. The summed E-state index contributed by atoms with van der Waals surface area (Å²) in [5, 5.41) is 3.79. The number of halogens is 2. The van der Waals surface area contributed by atoms with Gasteiger partial charge < -0.3 is 10.2 Å². The molecule has 1 N–H and O–H groups in total. The minimum atomic E-state index is 0.0102. The van der Waals surface area contributed by atoms with E-state index in [0.717, 1.165) is 36.0 Å². The van der Waals surface area contributed by atoms with Crippen molar-refractivity contribution < 1.29 is 4.79 Å². The zero-order chi connectivity index (χ0) is 13.8. The molecule has 1 aromatic rings. The summed E-state index contributed by atoms with van der Waals surface area (Å²) in [6.45, 7) is 5.41. The molecule has 0 aliphatic carbocycles.